The highest BCUT2D eigenvalue weighted by Gasteiger charge is 2.32. The summed E-state index contributed by atoms with van der Waals surface area (Å²) >= 11 is 7.43. The number of ether oxygens (including phenoxy) is 1. The number of aromatic nitrogens is 8. The van der Waals surface area contributed by atoms with Gasteiger partial charge < -0.3 is 50.9 Å². The van der Waals surface area contributed by atoms with Gasteiger partial charge in [-0.2, -0.15) is 4.98 Å². The fourth-order valence-corrected chi connectivity index (χ4v) is 23.2. The number of fused-ring (bicyclic) bond motifs is 12. The van der Waals surface area contributed by atoms with Crippen LogP contribution < -0.4 is 26.6 Å². The summed E-state index contributed by atoms with van der Waals surface area (Å²) in [5.74, 6) is 4.89. The first-order chi connectivity index (χ1) is 52.5. The molecule has 5 N–H and O–H groups in total. The molecule has 4 saturated carbocycles. The third-order valence-corrected chi connectivity index (χ3v) is 29.3. The monoisotopic (exact) mass is 1520 g/mol. The van der Waals surface area contributed by atoms with Gasteiger partial charge >= 0.3 is 0 Å². The summed E-state index contributed by atoms with van der Waals surface area (Å²) in [5.41, 5.74) is 8.45. The van der Waals surface area contributed by atoms with Crippen molar-refractivity contribution in [2.45, 2.75) is 235 Å². The molecule has 0 atom stereocenters. The summed E-state index contributed by atoms with van der Waals surface area (Å²) in [4.78, 5) is 57.4. The average Bonchev–Trinajstić information content (AvgIpc) is 1.66. The second-order valence-electron chi connectivity index (χ2n) is 31.6. The zero-order chi connectivity index (χ0) is 73.2. The lowest BCUT2D eigenvalue weighted by atomic mass is 9.90. The lowest BCUT2D eigenvalue weighted by molar-refractivity contribution is 0.121. The van der Waals surface area contributed by atoms with E-state index < -0.39 is 0 Å². The third kappa shape index (κ3) is 18.2. The van der Waals surface area contributed by atoms with Gasteiger partial charge in [0.2, 0.25) is 5.95 Å². The van der Waals surface area contributed by atoms with Gasteiger partial charge in [-0.15, -0.1) is 45.3 Å². The third-order valence-electron chi connectivity index (χ3n) is 24.5. The molecule has 0 unspecified atom stereocenters. The van der Waals surface area contributed by atoms with E-state index in [2.05, 4.69) is 147 Å². The van der Waals surface area contributed by atoms with Crippen molar-refractivity contribution in [3.63, 3.8) is 0 Å². The zero-order valence-electron chi connectivity index (χ0n) is 64.0. The molecule has 18 rings (SSSR count). The molecule has 107 heavy (non-hydrogen) atoms. The maximum Gasteiger partial charge on any atom is 0.230 e. The molecule has 8 aromatic heterocycles. The van der Waals surface area contributed by atoms with Gasteiger partial charge in [-0.25, -0.2) is 39.3 Å². The average molecular weight is 1520 g/mol. The Labute approximate surface area is 648 Å². The summed E-state index contributed by atoms with van der Waals surface area (Å²) in [7, 11) is 12.7. The number of nitrogens with zero attached hydrogens (tertiary/aromatic N) is 12. The molecule has 10 aromatic rings. The second kappa shape index (κ2) is 36.0. The number of thiophene rings is 4. The van der Waals surface area contributed by atoms with Gasteiger partial charge in [0.1, 0.15) is 68.2 Å². The van der Waals surface area contributed by atoms with Crippen molar-refractivity contribution in [2.75, 3.05) is 102 Å². The van der Waals surface area contributed by atoms with E-state index in [9.17, 15) is 4.39 Å². The Morgan fingerprint density at radius 2 is 0.766 bits per heavy atom. The topological polar surface area (TPSA) is 185 Å². The minimum atomic E-state index is -0.253. The molecule has 0 aliphatic heterocycles. The lowest BCUT2D eigenvalue weighted by Crippen LogP contribution is -2.39. The van der Waals surface area contributed by atoms with Gasteiger partial charge in [-0.3, -0.25) is 0 Å². The maximum absolute atomic E-state index is 12.5. The quantitative estimate of drug-likeness (QED) is 0.0431. The maximum atomic E-state index is 12.5. The molecule has 4 fully saturated rings. The molecular weight excluding hydrogens is 1410 g/mol. The van der Waals surface area contributed by atoms with Crippen LogP contribution in [-0.2, 0) is 62.5 Å². The number of rotatable bonds is 22. The van der Waals surface area contributed by atoms with Crippen molar-refractivity contribution in [1.29, 1.82) is 0 Å². The summed E-state index contributed by atoms with van der Waals surface area (Å²) in [6.45, 7) is 3.28. The molecule has 2 aromatic carbocycles. The number of aryl methyl sites for hydroxylation is 8. The molecule has 18 nitrogen and oxygen atoms in total. The first-order valence-electron chi connectivity index (χ1n) is 40.3. The van der Waals surface area contributed by atoms with E-state index in [1.165, 1.54) is 215 Å². The number of likely N-dealkylation sites (N-methyl/N-ethyl adjacent to an activating group) is 2. The van der Waals surface area contributed by atoms with Crippen LogP contribution in [0.4, 0.5) is 39.3 Å². The van der Waals surface area contributed by atoms with Gasteiger partial charge in [0, 0.05) is 100 Å². The molecule has 0 amide bonds. The van der Waals surface area contributed by atoms with Gasteiger partial charge in [0.05, 0.1) is 28.2 Å². The first-order valence-corrected chi connectivity index (χ1v) is 43.6. The Kier molecular flexibility index (Phi) is 25.5. The van der Waals surface area contributed by atoms with Crippen molar-refractivity contribution in [1.82, 2.24) is 59.5 Å². The fourth-order valence-electron chi connectivity index (χ4n) is 18.3. The van der Waals surface area contributed by atoms with Crippen LogP contribution in [0.25, 0.3) is 40.9 Å². The number of methoxy groups -OCH3 is 1. The predicted molar refractivity (Wildman–Crippen MR) is 446 cm³/mol. The summed E-state index contributed by atoms with van der Waals surface area (Å²) in [5, 5.41) is 23.6. The smallest absolute Gasteiger partial charge is 0.230 e. The number of hydrogen-bond donors (Lipinski definition) is 5. The molecule has 570 valence electrons. The molecule has 0 spiro atoms. The van der Waals surface area contributed by atoms with Crippen LogP contribution in [0.2, 0.25) is 0 Å². The van der Waals surface area contributed by atoms with Crippen molar-refractivity contribution in [2.24, 2.45) is 0 Å². The van der Waals surface area contributed by atoms with Gasteiger partial charge in [-0.05, 0) is 261 Å². The Balaban J connectivity index is 0.000000114. The van der Waals surface area contributed by atoms with Crippen LogP contribution in [0.15, 0.2) is 79.6 Å². The van der Waals surface area contributed by atoms with E-state index in [-0.39, 0.29) is 6.67 Å². The number of nitrogens with one attached hydrogen (secondary N) is 5. The van der Waals surface area contributed by atoms with Crippen molar-refractivity contribution < 1.29 is 9.13 Å². The van der Waals surface area contributed by atoms with Crippen LogP contribution in [-0.4, -0.2) is 183 Å². The second-order valence-corrected chi connectivity index (χ2v) is 36.0. The van der Waals surface area contributed by atoms with Gasteiger partial charge in [0.15, 0.2) is 0 Å². The fraction of sp³-hybridized carbons (Fsp3) is 0.571. The summed E-state index contributed by atoms with van der Waals surface area (Å²) < 4.78 is 17.7. The van der Waals surface area contributed by atoms with Crippen LogP contribution in [0, 0.1) is 0 Å². The number of alkyl halides is 1. The van der Waals surface area contributed by atoms with Gasteiger partial charge in [0.25, 0.3) is 0 Å². The Morgan fingerprint density at radius 1 is 0.402 bits per heavy atom. The van der Waals surface area contributed by atoms with E-state index >= 15 is 0 Å². The Hall–Kier alpha value is -6.67. The number of anilines is 6. The molecule has 23 heteroatoms. The summed E-state index contributed by atoms with van der Waals surface area (Å²) in [6.07, 6.45) is 40.2. The van der Waals surface area contributed by atoms with Crippen molar-refractivity contribution >= 4 is 121 Å². The van der Waals surface area contributed by atoms with Crippen LogP contribution in [0.1, 0.15) is 176 Å². The van der Waals surface area contributed by atoms with E-state index in [0.29, 0.717) is 60.8 Å². The lowest BCUT2D eigenvalue weighted by Gasteiger charge is -2.35. The standard InChI is InChI=1S/C24H30N4S.C23H29N5S.C19H28N4OS.C18H25FN4S/c1-28(15-14-17-6-3-2-4-7-17)19-12-10-18(11-13-19)27-23-22-20-8-5-9-21(20)29-24(22)26-16-25-23;1-28(2)17-13-11-16(12-14-17)24-21-20-18-9-6-10-19(18)29-22(20)27-23(26-21)25-15-7-4-3-5-8-15;1-23(10-11-24-2)14-8-6-13(7-9-14)22-18-17-15-4-3-5-16(15)25-19(17)21-12-20-18;1-23(10-9-19)13-7-5-12(6-8-13)22-17-16-14-3-2-4-15(14)24-18(16)21-11-20-17/h2-4,6-7,16,18-19H,5,8-15H2,1H3,(H,25,26,27);3-5,7-8,16-17H,6,9-14H2,1-2H3,(H2,24,25,26,27);12-14H,3-11H2,1-2H3,(H,20,21,22);11-13H,2-10H2,1H3,(H,20,21,22). The molecule has 0 bridgehead atoms. The van der Waals surface area contributed by atoms with Crippen LogP contribution in [0.3, 0.4) is 0 Å². The molecule has 0 saturated heterocycles. The van der Waals surface area contributed by atoms with E-state index in [0.717, 1.165) is 108 Å². The van der Waals surface area contributed by atoms with E-state index in [4.69, 9.17) is 14.7 Å². The predicted octanol–water partition coefficient (Wildman–Crippen LogP) is 17.6. The van der Waals surface area contributed by atoms with E-state index in [1.807, 2.05) is 70.6 Å². The highest BCUT2D eigenvalue weighted by atomic mass is 32.1. The Morgan fingerprint density at radius 3 is 1.17 bits per heavy atom. The summed E-state index contributed by atoms with van der Waals surface area (Å²) in [6, 6.07) is 25.7. The molecule has 8 aliphatic rings. The van der Waals surface area contributed by atoms with Crippen molar-refractivity contribution in [3.8, 4) is 0 Å². The van der Waals surface area contributed by atoms with E-state index in [1.54, 1.807) is 26.1 Å². The van der Waals surface area contributed by atoms with Gasteiger partial charge in [-0.1, -0.05) is 48.5 Å². The largest absolute Gasteiger partial charge is 0.383 e. The highest BCUT2D eigenvalue weighted by Crippen LogP contribution is 2.45. The van der Waals surface area contributed by atoms with Crippen molar-refractivity contribution in [3.05, 3.63) is 127 Å². The molecule has 8 heterocycles. The van der Waals surface area contributed by atoms with Crippen LogP contribution in [0.5, 0.6) is 0 Å². The number of para-hydroxylation sites is 1. The first kappa shape index (κ1) is 75.7. The van der Waals surface area contributed by atoms with Crippen LogP contribution >= 0.6 is 45.3 Å². The minimum absolute atomic E-state index is 0.253. The molecular formula is C84H112FN17OS4. The Bertz CT molecular complexity index is 4520. The number of hydrogen-bond acceptors (Lipinski definition) is 22. The zero-order valence-corrected chi connectivity index (χ0v) is 67.2. The number of benzene rings is 2. The normalized spacial score (nSPS) is 22.5. The molecule has 8 aliphatic carbocycles. The SMILES string of the molecule is CN(C)C1CCC(Nc2nc(Nc3ccccc3)nc3sc4c(c23)CCC4)CC1.CN(CCF)C1CCC(Nc2ncnc3sc4c(c23)CCC4)CC1.CN(CCc1ccccc1)C1CCC(Nc2ncnc3sc4c(c23)CCC4)CC1.COCCN(C)C1CCC(Nc2ncnc3sc4c(c23)CCC4)CC1. The highest BCUT2D eigenvalue weighted by molar-refractivity contribution is 7.20. The molecule has 0 radical (unpaired) electrons. The number of halogens is 1. The minimum Gasteiger partial charge on any atom is -0.383 e.